The SMILES string of the molecule is Cc1ccc(C(O)c2coc(C)c2)cc1. The number of aryl methyl sites for hydroxylation is 2. The third kappa shape index (κ3) is 2.10. The fourth-order valence-corrected chi connectivity index (χ4v) is 1.55. The fourth-order valence-electron chi connectivity index (χ4n) is 1.55. The summed E-state index contributed by atoms with van der Waals surface area (Å²) in [5.41, 5.74) is 2.88. The molecule has 2 rings (SSSR count). The van der Waals surface area contributed by atoms with Crippen molar-refractivity contribution >= 4 is 0 Å². The molecule has 0 aliphatic rings. The molecule has 1 atom stereocenters. The van der Waals surface area contributed by atoms with Crippen molar-refractivity contribution in [3.63, 3.8) is 0 Å². The Morgan fingerprint density at radius 3 is 2.27 bits per heavy atom. The zero-order chi connectivity index (χ0) is 10.8. The van der Waals surface area contributed by atoms with Crippen LogP contribution in [0.25, 0.3) is 0 Å². The first-order valence-electron chi connectivity index (χ1n) is 4.96. The van der Waals surface area contributed by atoms with Crippen LogP contribution in [0.1, 0.15) is 28.6 Å². The van der Waals surface area contributed by atoms with E-state index in [9.17, 15) is 5.11 Å². The summed E-state index contributed by atoms with van der Waals surface area (Å²) in [5.74, 6) is 0.816. The van der Waals surface area contributed by atoms with Gasteiger partial charge < -0.3 is 9.52 Å². The van der Waals surface area contributed by atoms with Gasteiger partial charge in [-0.2, -0.15) is 0 Å². The minimum absolute atomic E-state index is 0.594. The van der Waals surface area contributed by atoms with Gasteiger partial charge in [-0.15, -0.1) is 0 Å². The minimum Gasteiger partial charge on any atom is -0.469 e. The third-order valence-electron chi connectivity index (χ3n) is 2.46. The highest BCUT2D eigenvalue weighted by Crippen LogP contribution is 2.23. The lowest BCUT2D eigenvalue weighted by atomic mass is 10.0. The molecule has 0 saturated carbocycles. The zero-order valence-electron chi connectivity index (χ0n) is 8.90. The number of rotatable bonds is 2. The van der Waals surface area contributed by atoms with Gasteiger partial charge in [-0.05, 0) is 25.5 Å². The van der Waals surface area contributed by atoms with Crippen molar-refractivity contribution in [2.24, 2.45) is 0 Å². The minimum atomic E-state index is -0.594. The van der Waals surface area contributed by atoms with E-state index in [1.54, 1.807) is 6.26 Å². The van der Waals surface area contributed by atoms with Gasteiger partial charge in [0, 0.05) is 5.56 Å². The molecule has 0 aliphatic carbocycles. The molecule has 0 amide bonds. The topological polar surface area (TPSA) is 33.4 Å². The molecule has 1 aromatic heterocycles. The predicted molar refractivity (Wildman–Crippen MR) is 58.7 cm³/mol. The Balaban J connectivity index is 2.28. The van der Waals surface area contributed by atoms with Gasteiger partial charge in [0.2, 0.25) is 0 Å². The lowest BCUT2D eigenvalue weighted by Gasteiger charge is -2.08. The Kier molecular flexibility index (Phi) is 2.60. The molecule has 1 N–H and O–H groups in total. The van der Waals surface area contributed by atoms with Crippen LogP contribution in [0.3, 0.4) is 0 Å². The highest BCUT2D eigenvalue weighted by molar-refractivity contribution is 5.30. The quantitative estimate of drug-likeness (QED) is 0.812. The molecule has 15 heavy (non-hydrogen) atoms. The summed E-state index contributed by atoms with van der Waals surface area (Å²) in [5, 5.41) is 10.0. The van der Waals surface area contributed by atoms with Crippen molar-refractivity contribution in [2.45, 2.75) is 20.0 Å². The lowest BCUT2D eigenvalue weighted by molar-refractivity contribution is 0.219. The van der Waals surface area contributed by atoms with Gasteiger partial charge in [0.15, 0.2) is 0 Å². The summed E-state index contributed by atoms with van der Waals surface area (Å²) in [6.07, 6.45) is 1.00. The molecular weight excluding hydrogens is 188 g/mol. The van der Waals surface area contributed by atoms with Crippen molar-refractivity contribution in [1.82, 2.24) is 0 Å². The van der Waals surface area contributed by atoms with Gasteiger partial charge >= 0.3 is 0 Å². The molecule has 0 spiro atoms. The molecule has 0 fully saturated rings. The monoisotopic (exact) mass is 202 g/mol. The van der Waals surface area contributed by atoms with Crippen LogP contribution in [0.5, 0.6) is 0 Å². The van der Waals surface area contributed by atoms with Crippen LogP contribution < -0.4 is 0 Å². The Morgan fingerprint density at radius 1 is 1.07 bits per heavy atom. The molecule has 2 aromatic rings. The average Bonchev–Trinajstić information content (AvgIpc) is 2.65. The van der Waals surface area contributed by atoms with Gasteiger partial charge in [0.25, 0.3) is 0 Å². The van der Waals surface area contributed by atoms with E-state index in [0.29, 0.717) is 0 Å². The number of hydrogen-bond acceptors (Lipinski definition) is 2. The molecule has 1 aromatic carbocycles. The van der Waals surface area contributed by atoms with Crippen LogP contribution in [0.15, 0.2) is 41.0 Å². The number of aliphatic hydroxyl groups is 1. The number of furan rings is 1. The van der Waals surface area contributed by atoms with Gasteiger partial charge in [0.05, 0.1) is 6.26 Å². The Bertz CT molecular complexity index is 440. The molecule has 2 heteroatoms. The first-order valence-corrected chi connectivity index (χ1v) is 4.96. The molecule has 1 unspecified atom stereocenters. The zero-order valence-corrected chi connectivity index (χ0v) is 8.90. The summed E-state index contributed by atoms with van der Waals surface area (Å²) < 4.78 is 5.17. The molecule has 0 radical (unpaired) electrons. The van der Waals surface area contributed by atoms with E-state index in [1.165, 1.54) is 5.56 Å². The summed E-state index contributed by atoms with van der Waals surface area (Å²) >= 11 is 0. The maximum Gasteiger partial charge on any atom is 0.107 e. The van der Waals surface area contributed by atoms with Gasteiger partial charge in [0.1, 0.15) is 11.9 Å². The van der Waals surface area contributed by atoms with E-state index in [-0.39, 0.29) is 0 Å². The summed E-state index contributed by atoms with van der Waals surface area (Å²) in [7, 11) is 0. The number of benzene rings is 1. The molecule has 78 valence electrons. The van der Waals surface area contributed by atoms with Crippen LogP contribution in [0.2, 0.25) is 0 Å². The second kappa shape index (κ2) is 3.91. The Labute approximate surface area is 89.2 Å². The molecule has 1 heterocycles. The molecule has 0 saturated heterocycles. The highest BCUT2D eigenvalue weighted by atomic mass is 16.3. The second-order valence-electron chi connectivity index (χ2n) is 3.80. The molecular formula is C13H14O2. The second-order valence-corrected chi connectivity index (χ2v) is 3.80. The first-order chi connectivity index (χ1) is 7.16. The Morgan fingerprint density at radius 2 is 1.73 bits per heavy atom. The van der Waals surface area contributed by atoms with Gasteiger partial charge in [-0.25, -0.2) is 0 Å². The summed E-state index contributed by atoms with van der Waals surface area (Å²) in [6, 6.07) is 9.70. The van der Waals surface area contributed by atoms with Crippen LogP contribution in [-0.2, 0) is 0 Å². The van der Waals surface area contributed by atoms with Crippen molar-refractivity contribution in [1.29, 1.82) is 0 Å². The molecule has 0 aliphatic heterocycles. The first kappa shape index (κ1) is 9.99. The molecule has 0 bridgehead atoms. The van der Waals surface area contributed by atoms with Crippen LogP contribution in [0, 0.1) is 13.8 Å². The van der Waals surface area contributed by atoms with Crippen molar-refractivity contribution in [2.75, 3.05) is 0 Å². The maximum absolute atomic E-state index is 10.0. The van der Waals surface area contributed by atoms with E-state index < -0.39 is 6.10 Å². The maximum atomic E-state index is 10.0. The summed E-state index contributed by atoms with van der Waals surface area (Å²) in [4.78, 5) is 0. The van der Waals surface area contributed by atoms with Gasteiger partial charge in [-0.3, -0.25) is 0 Å². The number of hydrogen-bond donors (Lipinski definition) is 1. The fraction of sp³-hybridized carbons (Fsp3) is 0.231. The van der Waals surface area contributed by atoms with Crippen molar-refractivity contribution in [3.8, 4) is 0 Å². The molecule has 2 nitrogen and oxygen atoms in total. The predicted octanol–water partition coefficient (Wildman–Crippen LogP) is 2.98. The number of aliphatic hydroxyl groups excluding tert-OH is 1. The van der Waals surface area contributed by atoms with E-state index >= 15 is 0 Å². The summed E-state index contributed by atoms with van der Waals surface area (Å²) in [6.45, 7) is 3.89. The lowest BCUT2D eigenvalue weighted by Crippen LogP contribution is -1.97. The van der Waals surface area contributed by atoms with Crippen LogP contribution in [0.4, 0.5) is 0 Å². The highest BCUT2D eigenvalue weighted by Gasteiger charge is 2.11. The third-order valence-corrected chi connectivity index (χ3v) is 2.46. The van der Waals surface area contributed by atoms with E-state index in [4.69, 9.17) is 4.42 Å². The van der Waals surface area contributed by atoms with Gasteiger partial charge in [-0.1, -0.05) is 29.8 Å². The smallest absolute Gasteiger partial charge is 0.107 e. The van der Waals surface area contributed by atoms with Crippen molar-refractivity contribution in [3.05, 3.63) is 59.0 Å². The van der Waals surface area contributed by atoms with E-state index in [2.05, 4.69) is 0 Å². The standard InChI is InChI=1S/C13H14O2/c1-9-3-5-11(6-4-9)13(14)12-7-10(2)15-8-12/h3-8,13-14H,1-2H3. The Hall–Kier alpha value is -1.54. The van der Waals surface area contributed by atoms with Crippen molar-refractivity contribution < 1.29 is 9.52 Å². The largest absolute Gasteiger partial charge is 0.469 e. The van der Waals surface area contributed by atoms with E-state index in [0.717, 1.165) is 16.9 Å². The normalized spacial score (nSPS) is 12.7. The van der Waals surface area contributed by atoms with Crippen LogP contribution in [-0.4, -0.2) is 5.11 Å². The van der Waals surface area contributed by atoms with E-state index in [1.807, 2.05) is 44.2 Å². The average molecular weight is 202 g/mol. The van der Waals surface area contributed by atoms with Crippen LogP contribution >= 0.6 is 0 Å².